The van der Waals surface area contributed by atoms with Gasteiger partial charge in [-0.15, -0.1) is 0 Å². The Morgan fingerprint density at radius 3 is 2.59 bits per heavy atom. The molecule has 5 nitrogen and oxygen atoms in total. The third-order valence-corrected chi connectivity index (χ3v) is 2.97. The monoisotopic (exact) mass is 322 g/mol. The Morgan fingerprint density at radius 1 is 1.14 bits per heavy atom. The molecule has 0 fully saturated rings. The van der Waals surface area contributed by atoms with Gasteiger partial charge in [0.05, 0.1) is 5.02 Å². The maximum absolute atomic E-state index is 14.1. The molecule has 0 spiro atoms. The topological polar surface area (TPSA) is 66.0 Å². The Hall–Kier alpha value is -2.67. The van der Waals surface area contributed by atoms with E-state index in [2.05, 4.69) is 10.1 Å². The summed E-state index contributed by atoms with van der Waals surface area (Å²) in [6.07, 6.45) is 2.76. The zero-order valence-corrected chi connectivity index (χ0v) is 11.8. The maximum atomic E-state index is 14.1. The fraction of sp³-hybridized carbons (Fsp3) is 0. The lowest BCUT2D eigenvalue weighted by molar-refractivity contribution is 0.419. The highest BCUT2D eigenvalue weighted by atomic mass is 35.5. The summed E-state index contributed by atoms with van der Waals surface area (Å²) < 4.78 is 34.2. The Bertz CT molecular complexity index is 837. The molecular formula is C14H9ClF2N4O. The second-order valence-electron chi connectivity index (χ2n) is 4.34. The number of hydrogen-bond donors (Lipinski definition) is 1. The fourth-order valence-electron chi connectivity index (χ4n) is 1.80. The molecule has 0 saturated heterocycles. The van der Waals surface area contributed by atoms with Gasteiger partial charge >= 0.3 is 0 Å². The Morgan fingerprint density at radius 2 is 1.95 bits per heavy atom. The molecule has 1 aromatic carbocycles. The average Bonchev–Trinajstić information content (AvgIpc) is 2.88. The lowest BCUT2D eigenvalue weighted by atomic mass is 10.3. The van der Waals surface area contributed by atoms with E-state index in [9.17, 15) is 8.78 Å². The first-order valence-electron chi connectivity index (χ1n) is 6.13. The lowest BCUT2D eigenvalue weighted by Gasteiger charge is -2.08. The van der Waals surface area contributed by atoms with E-state index < -0.39 is 11.6 Å². The van der Waals surface area contributed by atoms with E-state index in [1.54, 1.807) is 0 Å². The molecule has 2 heterocycles. The van der Waals surface area contributed by atoms with Crippen LogP contribution in [0.5, 0.6) is 11.6 Å². The Kier molecular flexibility index (Phi) is 3.64. The molecule has 0 saturated carbocycles. The van der Waals surface area contributed by atoms with Crippen LogP contribution < -0.4 is 10.5 Å². The number of ether oxygens (including phenoxy) is 1. The fourth-order valence-corrected chi connectivity index (χ4v) is 1.94. The van der Waals surface area contributed by atoms with Gasteiger partial charge in [-0.2, -0.15) is 5.10 Å². The standard InChI is InChI=1S/C14H9ClF2N4O/c15-8-5-11(17)14(19-7-8)22-9-1-2-12(10(16)6-9)21-4-3-13(18)20-21/h1-7H,(H2,18,20). The van der Waals surface area contributed by atoms with E-state index in [1.165, 1.54) is 35.3 Å². The van der Waals surface area contributed by atoms with Gasteiger partial charge in [-0.1, -0.05) is 11.6 Å². The summed E-state index contributed by atoms with van der Waals surface area (Å²) in [5.41, 5.74) is 5.68. The van der Waals surface area contributed by atoms with Crippen molar-refractivity contribution in [2.75, 3.05) is 5.73 Å². The van der Waals surface area contributed by atoms with Crippen LogP contribution in [0.4, 0.5) is 14.6 Å². The summed E-state index contributed by atoms with van der Waals surface area (Å²) >= 11 is 5.60. The lowest BCUT2D eigenvalue weighted by Crippen LogP contribution is -2.00. The number of nitrogens with zero attached hydrogens (tertiary/aromatic N) is 3. The molecule has 2 N–H and O–H groups in total. The highest BCUT2D eigenvalue weighted by Gasteiger charge is 2.11. The minimum atomic E-state index is -0.739. The van der Waals surface area contributed by atoms with Crippen molar-refractivity contribution in [1.82, 2.24) is 14.8 Å². The molecular weight excluding hydrogens is 314 g/mol. The molecule has 0 radical (unpaired) electrons. The molecule has 3 aromatic rings. The number of nitrogen functional groups attached to an aromatic ring is 1. The smallest absolute Gasteiger partial charge is 0.255 e. The van der Waals surface area contributed by atoms with Crippen LogP contribution in [-0.2, 0) is 0 Å². The van der Waals surface area contributed by atoms with Gasteiger partial charge in [0.25, 0.3) is 5.88 Å². The van der Waals surface area contributed by atoms with E-state index in [4.69, 9.17) is 22.1 Å². The zero-order chi connectivity index (χ0) is 15.7. The number of rotatable bonds is 3. The summed E-state index contributed by atoms with van der Waals surface area (Å²) in [4.78, 5) is 3.70. The van der Waals surface area contributed by atoms with E-state index in [-0.39, 0.29) is 28.2 Å². The predicted molar refractivity (Wildman–Crippen MR) is 77.2 cm³/mol. The molecule has 0 bridgehead atoms. The predicted octanol–water partition coefficient (Wildman–Crippen LogP) is 3.57. The molecule has 0 amide bonds. The molecule has 0 unspecified atom stereocenters. The minimum absolute atomic E-state index is 0.0927. The summed E-state index contributed by atoms with van der Waals surface area (Å²) in [6.45, 7) is 0. The normalized spacial score (nSPS) is 10.7. The van der Waals surface area contributed by atoms with Crippen molar-refractivity contribution in [3.05, 3.63) is 59.4 Å². The second kappa shape index (κ2) is 5.61. The van der Waals surface area contributed by atoms with Crippen LogP contribution in [0.25, 0.3) is 5.69 Å². The molecule has 0 atom stereocenters. The van der Waals surface area contributed by atoms with Gasteiger partial charge in [-0.3, -0.25) is 0 Å². The van der Waals surface area contributed by atoms with Crippen molar-refractivity contribution in [3.63, 3.8) is 0 Å². The minimum Gasteiger partial charge on any atom is -0.436 e. The van der Waals surface area contributed by atoms with E-state index in [0.717, 1.165) is 12.1 Å². The molecule has 2 aromatic heterocycles. The third-order valence-electron chi connectivity index (χ3n) is 2.76. The summed E-state index contributed by atoms with van der Waals surface area (Å²) in [5.74, 6) is -1.27. The van der Waals surface area contributed by atoms with E-state index in [1.807, 2.05) is 0 Å². The molecule has 22 heavy (non-hydrogen) atoms. The first kappa shape index (κ1) is 14.3. The highest BCUT2D eigenvalue weighted by Crippen LogP contribution is 2.26. The van der Waals surface area contributed by atoms with Crippen molar-refractivity contribution in [1.29, 1.82) is 0 Å². The van der Waals surface area contributed by atoms with Crippen molar-refractivity contribution in [2.24, 2.45) is 0 Å². The van der Waals surface area contributed by atoms with E-state index >= 15 is 0 Å². The zero-order valence-electron chi connectivity index (χ0n) is 11.0. The summed E-state index contributed by atoms with van der Waals surface area (Å²) in [7, 11) is 0. The summed E-state index contributed by atoms with van der Waals surface area (Å²) in [5, 5.41) is 4.05. The largest absolute Gasteiger partial charge is 0.436 e. The van der Waals surface area contributed by atoms with Crippen molar-refractivity contribution >= 4 is 17.4 Å². The van der Waals surface area contributed by atoms with Crippen LogP contribution in [-0.4, -0.2) is 14.8 Å². The van der Waals surface area contributed by atoms with Gasteiger partial charge in [0.2, 0.25) is 0 Å². The van der Waals surface area contributed by atoms with Gasteiger partial charge in [0.15, 0.2) is 11.6 Å². The van der Waals surface area contributed by atoms with Gasteiger partial charge in [0.1, 0.15) is 17.3 Å². The number of pyridine rings is 1. The average molecular weight is 323 g/mol. The van der Waals surface area contributed by atoms with Crippen LogP contribution in [0.1, 0.15) is 0 Å². The number of aromatic nitrogens is 3. The molecule has 112 valence electrons. The first-order valence-corrected chi connectivity index (χ1v) is 6.51. The SMILES string of the molecule is Nc1ccn(-c2ccc(Oc3ncc(Cl)cc3F)cc2F)n1. The van der Waals surface area contributed by atoms with Crippen molar-refractivity contribution in [2.45, 2.75) is 0 Å². The van der Waals surface area contributed by atoms with Gasteiger partial charge in [-0.25, -0.2) is 18.4 Å². The molecule has 0 aliphatic rings. The van der Waals surface area contributed by atoms with Crippen LogP contribution in [0.15, 0.2) is 42.7 Å². The number of halogens is 3. The number of hydrogen-bond acceptors (Lipinski definition) is 4. The maximum Gasteiger partial charge on any atom is 0.255 e. The highest BCUT2D eigenvalue weighted by molar-refractivity contribution is 6.30. The second-order valence-corrected chi connectivity index (χ2v) is 4.78. The van der Waals surface area contributed by atoms with Crippen molar-refractivity contribution in [3.8, 4) is 17.3 Å². The Labute approximate surface area is 128 Å². The number of anilines is 1. The van der Waals surface area contributed by atoms with Crippen LogP contribution in [0.3, 0.4) is 0 Å². The van der Waals surface area contributed by atoms with Gasteiger partial charge in [0, 0.05) is 24.5 Å². The number of benzene rings is 1. The molecule has 0 aliphatic carbocycles. The molecule has 0 aliphatic heterocycles. The van der Waals surface area contributed by atoms with Crippen LogP contribution in [0.2, 0.25) is 5.02 Å². The molecule has 3 rings (SSSR count). The third kappa shape index (κ3) is 2.84. The van der Waals surface area contributed by atoms with Gasteiger partial charge < -0.3 is 10.5 Å². The van der Waals surface area contributed by atoms with Gasteiger partial charge in [-0.05, 0) is 18.2 Å². The number of nitrogens with two attached hydrogens (primary N) is 1. The van der Waals surface area contributed by atoms with E-state index in [0.29, 0.717) is 0 Å². The van der Waals surface area contributed by atoms with Crippen LogP contribution >= 0.6 is 11.6 Å². The van der Waals surface area contributed by atoms with Crippen molar-refractivity contribution < 1.29 is 13.5 Å². The van der Waals surface area contributed by atoms with Crippen LogP contribution in [0, 0.1) is 11.6 Å². The quantitative estimate of drug-likeness (QED) is 0.800. The first-order chi connectivity index (χ1) is 10.5. The molecule has 8 heteroatoms. The Balaban J connectivity index is 1.88. The summed E-state index contributed by atoms with van der Waals surface area (Å²) in [6, 6.07) is 6.60.